The molecule has 1 rings (SSSR count). The van der Waals surface area contributed by atoms with Crippen molar-refractivity contribution in [3.05, 3.63) is 28.2 Å². The molecular weight excluding hydrogens is 295 g/mol. The summed E-state index contributed by atoms with van der Waals surface area (Å²) in [4.78, 5) is 12.0. The average Bonchev–Trinajstić information content (AvgIpc) is 2.38. The maximum atomic E-state index is 12.0. The molecule has 0 radical (unpaired) electrons. The zero-order chi connectivity index (χ0) is 15.1. The van der Waals surface area contributed by atoms with Gasteiger partial charge in [-0.15, -0.1) is 0 Å². The van der Waals surface area contributed by atoms with Crippen LogP contribution < -0.4 is 11.1 Å². The lowest BCUT2D eigenvalue weighted by Crippen LogP contribution is -2.18. The molecule has 1 aromatic carbocycles. The van der Waals surface area contributed by atoms with Crippen molar-refractivity contribution in [1.82, 2.24) is 0 Å². The van der Waals surface area contributed by atoms with Gasteiger partial charge in [-0.25, -0.2) is 0 Å². The molecule has 0 saturated carbocycles. The Morgan fingerprint density at radius 3 is 2.60 bits per heavy atom. The number of amides is 1. The fourth-order valence-electron chi connectivity index (χ4n) is 2.15. The molecule has 0 heterocycles. The number of anilines is 1. The van der Waals surface area contributed by atoms with E-state index in [9.17, 15) is 4.79 Å². The van der Waals surface area contributed by atoms with Crippen LogP contribution in [0.25, 0.3) is 0 Å². The number of carbonyl (C=O) groups excluding carboxylic acids is 1. The zero-order valence-corrected chi connectivity index (χ0v) is 13.5. The molecule has 0 spiro atoms. The van der Waals surface area contributed by atoms with Gasteiger partial charge < -0.3 is 11.1 Å². The van der Waals surface area contributed by atoms with Gasteiger partial charge in [0.15, 0.2) is 0 Å². The second-order valence-corrected chi connectivity index (χ2v) is 6.14. The van der Waals surface area contributed by atoms with Gasteiger partial charge in [-0.1, -0.05) is 37.0 Å². The van der Waals surface area contributed by atoms with E-state index in [0.717, 1.165) is 12.8 Å². The van der Waals surface area contributed by atoms with E-state index in [1.54, 1.807) is 18.2 Å². The second kappa shape index (κ2) is 8.50. The summed E-state index contributed by atoms with van der Waals surface area (Å²) in [7, 11) is 0. The highest BCUT2D eigenvalue weighted by Crippen LogP contribution is 2.26. The molecule has 0 aliphatic rings. The van der Waals surface area contributed by atoms with Crippen molar-refractivity contribution >= 4 is 34.8 Å². The van der Waals surface area contributed by atoms with Gasteiger partial charge in [0.05, 0.1) is 10.7 Å². The van der Waals surface area contributed by atoms with Crippen LogP contribution in [0.1, 0.15) is 33.1 Å². The highest BCUT2D eigenvalue weighted by Gasteiger charge is 2.15. The van der Waals surface area contributed by atoms with Crippen molar-refractivity contribution < 1.29 is 4.79 Å². The number of nitrogens with one attached hydrogen (secondary N) is 1. The summed E-state index contributed by atoms with van der Waals surface area (Å²) in [5.41, 5.74) is 6.16. The summed E-state index contributed by atoms with van der Waals surface area (Å²) in [6, 6.07) is 5.02. The normalized spacial score (nSPS) is 12.5. The van der Waals surface area contributed by atoms with Crippen LogP contribution >= 0.6 is 23.2 Å². The molecule has 5 heteroatoms. The van der Waals surface area contributed by atoms with Crippen molar-refractivity contribution in [1.29, 1.82) is 0 Å². The molecule has 0 aliphatic heterocycles. The summed E-state index contributed by atoms with van der Waals surface area (Å²) < 4.78 is 0. The molecule has 1 atom stereocenters. The number of carbonyl (C=O) groups is 1. The number of nitrogens with two attached hydrogens (primary N) is 1. The molecular formula is C15H22Cl2N2O. The van der Waals surface area contributed by atoms with Crippen LogP contribution in [-0.4, -0.2) is 12.5 Å². The van der Waals surface area contributed by atoms with Gasteiger partial charge in [-0.05, 0) is 49.4 Å². The Morgan fingerprint density at radius 2 is 2.00 bits per heavy atom. The Morgan fingerprint density at radius 1 is 1.30 bits per heavy atom. The minimum absolute atomic E-state index is 0.0446. The number of hydrogen-bond acceptors (Lipinski definition) is 2. The molecule has 20 heavy (non-hydrogen) atoms. The molecule has 3 N–H and O–H groups in total. The maximum Gasteiger partial charge on any atom is 0.224 e. The van der Waals surface area contributed by atoms with Crippen molar-refractivity contribution in [2.24, 2.45) is 17.6 Å². The van der Waals surface area contributed by atoms with Crippen LogP contribution in [0.15, 0.2) is 18.2 Å². The number of rotatable bonds is 7. The van der Waals surface area contributed by atoms with E-state index in [0.29, 0.717) is 40.5 Å². The third kappa shape index (κ3) is 5.70. The first-order chi connectivity index (χ1) is 9.43. The van der Waals surface area contributed by atoms with E-state index in [4.69, 9.17) is 28.9 Å². The highest BCUT2D eigenvalue weighted by molar-refractivity contribution is 6.35. The third-order valence-corrected chi connectivity index (χ3v) is 3.99. The average molecular weight is 317 g/mol. The van der Waals surface area contributed by atoms with Crippen LogP contribution in [0, 0.1) is 11.8 Å². The van der Waals surface area contributed by atoms with E-state index in [1.165, 1.54) is 0 Å². The van der Waals surface area contributed by atoms with Crippen LogP contribution in [0.4, 0.5) is 5.69 Å². The van der Waals surface area contributed by atoms with E-state index < -0.39 is 0 Å². The van der Waals surface area contributed by atoms with E-state index in [2.05, 4.69) is 19.2 Å². The summed E-state index contributed by atoms with van der Waals surface area (Å²) in [6.45, 7) is 4.97. The van der Waals surface area contributed by atoms with Crippen LogP contribution in [-0.2, 0) is 4.79 Å². The first-order valence-corrected chi connectivity index (χ1v) is 7.64. The lowest BCUT2D eigenvalue weighted by molar-refractivity contribution is -0.116. The Bertz CT molecular complexity index is 449. The quantitative estimate of drug-likeness (QED) is 0.786. The molecule has 0 aromatic heterocycles. The third-order valence-electron chi connectivity index (χ3n) is 3.42. The largest absolute Gasteiger partial charge is 0.330 e. The van der Waals surface area contributed by atoms with Crippen molar-refractivity contribution in [3.8, 4) is 0 Å². The number of hydrogen-bond donors (Lipinski definition) is 2. The van der Waals surface area contributed by atoms with Crippen LogP contribution in [0.3, 0.4) is 0 Å². The lowest BCUT2D eigenvalue weighted by Gasteiger charge is -2.19. The number of halogens is 2. The van der Waals surface area contributed by atoms with Crippen LogP contribution in [0.5, 0.6) is 0 Å². The minimum Gasteiger partial charge on any atom is -0.330 e. The predicted molar refractivity (Wildman–Crippen MR) is 86.3 cm³/mol. The van der Waals surface area contributed by atoms with E-state index >= 15 is 0 Å². The molecule has 0 bridgehead atoms. The summed E-state index contributed by atoms with van der Waals surface area (Å²) in [5.74, 6) is 0.957. The molecule has 1 unspecified atom stereocenters. The van der Waals surface area contributed by atoms with Gasteiger partial charge in [0, 0.05) is 11.4 Å². The SMILES string of the molecule is CC(C)C(CCN)CCC(=O)Nc1cc(Cl)ccc1Cl. The summed E-state index contributed by atoms with van der Waals surface area (Å²) in [6.07, 6.45) is 2.24. The smallest absolute Gasteiger partial charge is 0.224 e. The second-order valence-electron chi connectivity index (χ2n) is 5.29. The van der Waals surface area contributed by atoms with Gasteiger partial charge in [0.25, 0.3) is 0 Å². The van der Waals surface area contributed by atoms with Crippen molar-refractivity contribution in [2.45, 2.75) is 33.1 Å². The molecule has 3 nitrogen and oxygen atoms in total. The maximum absolute atomic E-state index is 12.0. The fraction of sp³-hybridized carbons (Fsp3) is 0.533. The first kappa shape index (κ1) is 17.3. The van der Waals surface area contributed by atoms with Gasteiger partial charge >= 0.3 is 0 Å². The molecule has 1 amide bonds. The van der Waals surface area contributed by atoms with Gasteiger partial charge in [-0.3, -0.25) is 4.79 Å². The lowest BCUT2D eigenvalue weighted by atomic mass is 9.88. The van der Waals surface area contributed by atoms with E-state index in [-0.39, 0.29) is 5.91 Å². The molecule has 112 valence electrons. The first-order valence-electron chi connectivity index (χ1n) is 6.89. The number of benzene rings is 1. The fourth-order valence-corrected chi connectivity index (χ4v) is 2.48. The standard InChI is InChI=1S/C15H22Cl2N2O/c1-10(2)11(7-8-18)3-6-15(20)19-14-9-12(16)4-5-13(14)17/h4-5,9-11H,3,6-8,18H2,1-2H3,(H,19,20). The topological polar surface area (TPSA) is 55.1 Å². The molecule has 0 saturated heterocycles. The molecule has 0 fully saturated rings. The van der Waals surface area contributed by atoms with Crippen molar-refractivity contribution in [2.75, 3.05) is 11.9 Å². The Balaban J connectivity index is 2.53. The minimum atomic E-state index is -0.0446. The van der Waals surface area contributed by atoms with Gasteiger partial charge in [0.1, 0.15) is 0 Å². The zero-order valence-electron chi connectivity index (χ0n) is 12.0. The van der Waals surface area contributed by atoms with Crippen LogP contribution in [0.2, 0.25) is 10.0 Å². The van der Waals surface area contributed by atoms with Gasteiger partial charge in [0.2, 0.25) is 5.91 Å². The Kier molecular flexibility index (Phi) is 7.35. The predicted octanol–water partition coefficient (Wildman–Crippen LogP) is 4.33. The monoisotopic (exact) mass is 316 g/mol. The van der Waals surface area contributed by atoms with Gasteiger partial charge in [-0.2, -0.15) is 0 Å². The Labute approximate surface area is 130 Å². The highest BCUT2D eigenvalue weighted by atomic mass is 35.5. The summed E-state index contributed by atoms with van der Waals surface area (Å²) >= 11 is 11.9. The summed E-state index contributed by atoms with van der Waals surface area (Å²) in [5, 5.41) is 3.84. The molecule has 0 aliphatic carbocycles. The van der Waals surface area contributed by atoms with Crippen molar-refractivity contribution in [3.63, 3.8) is 0 Å². The van der Waals surface area contributed by atoms with E-state index in [1.807, 2.05) is 0 Å². The molecule has 1 aromatic rings. The Hall–Kier alpha value is -0.770.